The Morgan fingerprint density at radius 3 is 2.91 bits per heavy atom. The van der Waals surface area contributed by atoms with E-state index in [0.717, 1.165) is 5.56 Å². The number of pyridine rings is 1. The number of benzene rings is 1. The second-order valence-electron chi connectivity index (χ2n) is 5.55. The van der Waals surface area contributed by atoms with Crippen LogP contribution >= 0.6 is 0 Å². The lowest BCUT2D eigenvalue weighted by atomic mass is 10.1. The van der Waals surface area contributed by atoms with E-state index >= 15 is 0 Å². The molecule has 1 aliphatic rings. The first-order valence-corrected chi connectivity index (χ1v) is 7.32. The van der Waals surface area contributed by atoms with Gasteiger partial charge in [-0.15, -0.1) is 0 Å². The van der Waals surface area contributed by atoms with Gasteiger partial charge < -0.3 is 4.74 Å². The lowest BCUT2D eigenvalue weighted by molar-refractivity contribution is -0.0334. The Labute approximate surface area is 128 Å². The van der Waals surface area contributed by atoms with Crippen molar-refractivity contribution in [1.29, 1.82) is 0 Å². The van der Waals surface area contributed by atoms with Crippen molar-refractivity contribution in [3.63, 3.8) is 0 Å². The topological polar surface area (TPSA) is 25.4 Å². The van der Waals surface area contributed by atoms with E-state index in [1.807, 2.05) is 12.1 Å². The normalized spacial score (nSPS) is 19.3. The average Bonchev–Trinajstić information content (AvgIpc) is 2.57. The van der Waals surface area contributed by atoms with Crippen molar-refractivity contribution in [3.05, 3.63) is 65.0 Å². The quantitative estimate of drug-likeness (QED) is 0.870. The van der Waals surface area contributed by atoms with E-state index in [4.69, 9.17) is 4.74 Å². The average molecular weight is 304 g/mol. The van der Waals surface area contributed by atoms with Gasteiger partial charge in [0.25, 0.3) is 0 Å². The van der Waals surface area contributed by atoms with E-state index < -0.39 is 11.6 Å². The van der Waals surface area contributed by atoms with Gasteiger partial charge in [0, 0.05) is 43.2 Å². The molecule has 1 aromatic carbocycles. The summed E-state index contributed by atoms with van der Waals surface area (Å²) < 4.78 is 33.4. The Hall–Kier alpha value is -1.85. The molecule has 1 saturated heterocycles. The molecule has 0 saturated carbocycles. The highest BCUT2D eigenvalue weighted by Crippen LogP contribution is 2.24. The fraction of sp³-hybridized carbons (Fsp3) is 0.353. The molecule has 0 aliphatic carbocycles. The van der Waals surface area contributed by atoms with Gasteiger partial charge in [0.1, 0.15) is 0 Å². The fourth-order valence-electron chi connectivity index (χ4n) is 2.66. The number of morpholine rings is 1. The highest BCUT2D eigenvalue weighted by Gasteiger charge is 2.23. The zero-order chi connectivity index (χ0) is 15.5. The van der Waals surface area contributed by atoms with E-state index in [1.165, 1.54) is 0 Å². The molecule has 0 spiro atoms. The molecule has 0 amide bonds. The molecule has 1 atom stereocenters. The first-order chi connectivity index (χ1) is 10.6. The molecular formula is C17H18F2N2O. The molecule has 1 aliphatic heterocycles. The Kier molecular flexibility index (Phi) is 4.45. The zero-order valence-corrected chi connectivity index (χ0v) is 12.4. The summed E-state index contributed by atoms with van der Waals surface area (Å²) in [5.74, 6) is -1.50. The number of aryl methyl sites for hydroxylation is 1. The molecule has 1 aromatic heterocycles. The zero-order valence-electron chi connectivity index (χ0n) is 12.4. The molecule has 22 heavy (non-hydrogen) atoms. The third-order valence-electron chi connectivity index (χ3n) is 3.96. The Morgan fingerprint density at radius 1 is 1.27 bits per heavy atom. The summed E-state index contributed by atoms with van der Waals surface area (Å²) in [6.45, 7) is 3.85. The number of hydrogen-bond acceptors (Lipinski definition) is 3. The first kappa shape index (κ1) is 15.1. The van der Waals surface area contributed by atoms with Gasteiger partial charge >= 0.3 is 0 Å². The van der Waals surface area contributed by atoms with Gasteiger partial charge in [-0.3, -0.25) is 9.88 Å². The Balaban J connectivity index is 1.72. The van der Waals surface area contributed by atoms with Gasteiger partial charge in [-0.25, -0.2) is 8.78 Å². The van der Waals surface area contributed by atoms with Crippen molar-refractivity contribution in [2.24, 2.45) is 0 Å². The summed E-state index contributed by atoms with van der Waals surface area (Å²) >= 11 is 0. The lowest BCUT2D eigenvalue weighted by Crippen LogP contribution is -2.38. The standard InChI is InChI=1S/C17H18F2N2O/c1-12-4-5-14(17(19)16(12)18)10-21-7-8-22-15(11-21)13-3-2-6-20-9-13/h2-6,9,15H,7-8,10-11H2,1H3. The predicted octanol–water partition coefficient (Wildman–Crippen LogP) is 3.24. The number of nitrogens with zero attached hydrogens (tertiary/aromatic N) is 2. The summed E-state index contributed by atoms with van der Waals surface area (Å²) in [4.78, 5) is 6.17. The fourth-order valence-corrected chi connectivity index (χ4v) is 2.66. The van der Waals surface area contributed by atoms with Crippen molar-refractivity contribution in [1.82, 2.24) is 9.88 Å². The summed E-state index contributed by atoms with van der Waals surface area (Å²) in [5.41, 5.74) is 1.72. The van der Waals surface area contributed by atoms with Crippen molar-refractivity contribution < 1.29 is 13.5 Å². The van der Waals surface area contributed by atoms with Crippen molar-refractivity contribution in [2.75, 3.05) is 19.7 Å². The van der Waals surface area contributed by atoms with Crippen LogP contribution in [0.1, 0.15) is 22.8 Å². The molecule has 0 N–H and O–H groups in total. The first-order valence-electron chi connectivity index (χ1n) is 7.32. The van der Waals surface area contributed by atoms with Crippen LogP contribution in [0.4, 0.5) is 8.78 Å². The molecule has 0 radical (unpaired) electrons. The van der Waals surface area contributed by atoms with Gasteiger partial charge in [-0.1, -0.05) is 18.2 Å². The minimum Gasteiger partial charge on any atom is -0.371 e. The van der Waals surface area contributed by atoms with Crippen molar-refractivity contribution in [2.45, 2.75) is 19.6 Å². The van der Waals surface area contributed by atoms with Crippen LogP contribution in [0.15, 0.2) is 36.7 Å². The highest BCUT2D eigenvalue weighted by atomic mass is 19.2. The second kappa shape index (κ2) is 6.50. The maximum absolute atomic E-state index is 14.0. The number of rotatable bonds is 3. The van der Waals surface area contributed by atoms with E-state index in [2.05, 4.69) is 9.88 Å². The minimum atomic E-state index is -0.755. The van der Waals surface area contributed by atoms with Gasteiger partial charge in [0.15, 0.2) is 11.6 Å². The van der Waals surface area contributed by atoms with Crippen LogP contribution in [0.25, 0.3) is 0 Å². The van der Waals surface area contributed by atoms with Crippen LogP contribution in [0.5, 0.6) is 0 Å². The molecule has 3 nitrogen and oxygen atoms in total. The predicted molar refractivity (Wildman–Crippen MR) is 79.3 cm³/mol. The molecule has 2 heterocycles. The molecule has 3 rings (SSSR count). The van der Waals surface area contributed by atoms with E-state index in [9.17, 15) is 8.78 Å². The molecule has 1 unspecified atom stereocenters. The smallest absolute Gasteiger partial charge is 0.163 e. The third-order valence-corrected chi connectivity index (χ3v) is 3.96. The number of ether oxygens (including phenoxy) is 1. The SMILES string of the molecule is Cc1ccc(CN2CCOC(c3cccnc3)C2)c(F)c1F. The molecule has 5 heteroatoms. The van der Waals surface area contributed by atoms with E-state index in [-0.39, 0.29) is 6.10 Å². The minimum absolute atomic E-state index is 0.0826. The number of aromatic nitrogens is 1. The summed E-state index contributed by atoms with van der Waals surface area (Å²) in [5, 5.41) is 0. The second-order valence-corrected chi connectivity index (χ2v) is 5.55. The van der Waals surface area contributed by atoms with Crippen LogP contribution < -0.4 is 0 Å². The lowest BCUT2D eigenvalue weighted by Gasteiger charge is -2.33. The van der Waals surface area contributed by atoms with Gasteiger partial charge in [-0.2, -0.15) is 0 Å². The summed E-state index contributed by atoms with van der Waals surface area (Å²) in [6, 6.07) is 7.11. The molecule has 0 bridgehead atoms. The molecule has 1 fully saturated rings. The van der Waals surface area contributed by atoms with Crippen LogP contribution in [0.2, 0.25) is 0 Å². The van der Waals surface area contributed by atoms with Crippen LogP contribution in [0.3, 0.4) is 0 Å². The maximum Gasteiger partial charge on any atom is 0.163 e. The van der Waals surface area contributed by atoms with Crippen LogP contribution in [-0.2, 0) is 11.3 Å². The van der Waals surface area contributed by atoms with Crippen LogP contribution in [0, 0.1) is 18.6 Å². The number of halogens is 2. The Bertz CT molecular complexity index is 649. The summed E-state index contributed by atoms with van der Waals surface area (Å²) in [7, 11) is 0. The largest absolute Gasteiger partial charge is 0.371 e. The molecular weight excluding hydrogens is 286 g/mol. The molecule has 116 valence electrons. The van der Waals surface area contributed by atoms with Gasteiger partial charge in [-0.05, 0) is 18.6 Å². The highest BCUT2D eigenvalue weighted by molar-refractivity contribution is 5.25. The van der Waals surface area contributed by atoms with Crippen LogP contribution in [-0.4, -0.2) is 29.6 Å². The monoisotopic (exact) mass is 304 g/mol. The van der Waals surface area contributed by atoms with Crippen molar-refractivity contribution >= 4 is 0 Å². The third kappa shape index (κ3) is 3.15. The van der Waals surface area contributed by atoms with E-state index in [0.29, 0.717) is 37.4 Å². The Morgan fingerprint density at radius 2 is 2.14 bits per heavy atom. The molecule has 2 aromatic rings. The van der Waals surface area contributed by atoms with E-state index in [1.54, 1.807) is 31.5 Å². The van der Waals surface area contributed by atoms with Gasteiger partial charge in [0.05, 0.1) is 12.7 Å². The van der Waals surface area contributed by atoms with Gasteiger partial charge in [0.2, 0.25) is 0 Å². The maximum atomic E-state index is 14.0. The van der Waals surface area contributed by atoms with Crippen molar-refractivity contribution in [3.8, 4) is 0 Å². The number of hydrogen-bond donors (Lipinski definition) is 0. The summed E-state index contributed by atoms with van der Waals surface area (Å²) in [6.07, 6.45) is 3.41.